The molecule has 116 valence electrons. The van der Waals surface area contributed by atoms with Gasteiger partial charge in [0.25, 0.3) is 0 Å². The van der Waals surface area contributed by atoms with Gasteiger partial charge < -0.3 is 4.74 Å². The fraction of sp³-hybridized carbons (Fsp3) is 0.294. The first-order chi connectivity index (χ1) is 10.6. The number of rotatable bonds is 3. The zero-order valence-corrected chi connectivity index (χ0v) is 13.3. The molecule has 2 aromatic carbocycles. The van der Waals surface area contributed by atoms with E-state index in [9.17, 15) is 8.42 Å². The summed E-state index contributed by atoms with van der Waals surface area (Å²) in [5.41, 5.74) is 2.03. The predicted octanol–water partition coefficient (Wildman–Crippen LogP) is 2.48. The molecule has 0 fully saturated rings. The van der Waals surface area contributed by atoms with Crippen LogP contribution in [-0.2, 0) is 22.9 Å². The van der Waals surface area contributed by atoms with Gasteiger partial charge >= 0.3 is 0 Å². The normalized spacial score (nSPS) is 17.5. The molecule has 0 unspecified atom stereocenters. The molecule has 1 aliphatic rings. The second kappa shape index (κ2) is 6.10. The van der Waals surface area contributed by atoms with E-state index in [1.807, 2.05) is 36.4 Å². The lowest BCUT2D eigenvalue weighted by atomic mass is 10.1. The summed E-state index contributed by atoms with van der Waals surface area (Å²) in [6.07, 6.45) is 0. The first kappa shape index (κ1) is 15.1. The minimum Gasteiger partial charge on any atom is -0.497 e. The summed E-state index contributed by atoms with van der Waals surface area (Å²) in [7, 11) is -1.53. The van der Waals surface area contributed by atoms with Gasteiger partial charge in [0.1, 0.15) is 5.75 Å². The molecule has 5 heteroatoms. The Labute approximate surface area is 131 Å². The van der Waals surface area contributed by atoms with Crippen molar-refractivity contribution in [3.05, 3.63) is 59.7 Å². The number of fused-ring (bicyclic) bond motifs is 1. The van der Waals surface area contributed by atoms with Gasteiger partial charge in [0.05, 0.1) is 17.8 Å². The van der Waals surface area contributed by atoms with Crippen molar-refractivity contribution >= 4 is 9.84 Å². The lowest BCUT2D eigenvalue weighted by molar-refractivity contribution is 0.273. The number of benzene rings is 2. The van der Waals surface area contributed by atoms with Gasteiger partial charge in [-0.2, -0.15) is 0 Å². The van der Waals surface area contributed by atoms with E-state index in [4.69, 9.17) is 4.74 Å². The maximum atomic E-state index is 12.3. The molecule has 0 aliphatic carbocycles. The SMILES string of the molecule is COc1ccc(CN2CCS(=O)(=O)c3ccccc3C2)cc1. The van der Waals surface area contributed by atoms with Crippen molar-refractivity contribution in [1.29, 1.82) is 0 Å². The van der Waals surface area contributed by atoms with Crippen molar-refractivity contribution in [2.75, 3.05) is 19.4 Å². The fourth-order valence-corrected chi connectivity index (χ4v) is 4.28. The minimum absolute atomic E-state index is 0.167. The second-order valence-electron chi connectivity index (χ2n) is 5.49. The van der Waals surface area contributed by atoms with Gasteiger partial charge in [-0.15, -0.1) is 0 Å². The zero-order valence-electron chi connectivity index (χ0n) is 12.5. The van der Waals surface area contributed by atoms with Gasteiger partial charge in [-0.1, -0.05) is 30.3 Å². The monoisotopic (exact) mass is 317 g/mol. The third kappa shape index (κ3) is 3.15. The zero-order chi connectivity index (χ0) is 15.6. The molecule has 1 aliphatic heterocycles. The van der Waals surface area contributed by atoms with Crippen molar-refractivity contribution in [3.63, 3.8) is 0 Å². The molecule has 0 aromatic heterocycles. The van der Waals surface area contributed by atoms with Crippen LogP contribution in [0.2, 0.25) is 0 Å². The highest BCUT2D eigenvalue weighted by Crippen LogP contribution is 2.23. The van der Waals surface area contributed by atoms with E-state index >= 15 is 0 Å². The van der Waals surface area contributed by atoms with Crippen LogP contribution in [0.25, 0.3) is 0 Å². The Hall–Kier alpha value is -1.85. The number of methoxy groups -OCH3 is 1. The van der Waals surface area contributed by atoms with Gasteiger partial charge in [-0.3, -0.25) is 4.90 Å². The van der Waals surface area contributed by atoms with Crippen molar-refractivity contribution < 1.29 is 13.2 Å². The molecule has 1 heterocycles. The van der Waals surface area contributed by atoms with Crippen molar-refractivity contribution in [3.8, 4) is 5.75 Å². The molecule has 4 nitrogen and oxygen atoms in total. The highest BCUT2D eigenvalue weighted by molar-refractivity contribution is 7.91. The quantitative estimate of drug-likeness (QED) is 0.872. The van der Waals surface area contributed by atoms with Crippen LogP contribution in [0.1, 0.15) is 11.1 Å². The lowest BCUT2D eigenvalue weighted by Gasteiger charge is -2.20. The van der Waals surface area contributed by atoms with E-state index in [0.717, 1.165) is 23.4 Å². The second-order valence-corrected chi connectivity index (χ2v) is 7.56. The Balaban J connectivity index is 1.82. The Morgan fingerprint density at radius 1 is 1.09 bits per heavy atom. The number of sulfone groups is 1. The molecular weight excluding hydrogens is 298 g/mol. The van der Waals surface area contributed by atoms with E-state index in [2.05, 4.69) is 4.90 Å². The van der Waals surface area contributed by atoms with E-state index in [1.54, 1.807) is 19.2 Å². The number of nitrogens with zero attached hydrogens (tertiary/aromatic N) is 1. The van der Waals surface area contributed by atoms with Crippen LogP contribution in [0, 0.1) is 0 Å². The lowest BCUT2D eigenvalue weighted by Crippen LogP contribution is -2.25. The van der Waals surface area contributed by atoms with Crippen molar-refractivity contribution in [2.24, 2.45) is 0 Å². The molecule has 0 atom stereocenters. The molecule has 0 bridgehead atoms. The molecular formula is C17H19NO3S. The van der Waals surface area contributed by atoms with E-state index < -0.39 is 9.84 Å². The predicted molar refractivity (Wildman–Crippen MR) is 85.6 cm³/mol. The van der Waals surface area contributed by atoms with Gasteiger partial charge in [0.15, 0.2) is 9.84 Å². The number of hydrogen-bond donors (Lipinski definition) is 0. The smallest absolute Gasteiger partial charge is 0.179 e. The van der Waals surface area contributed by atoms with Gasteiger partial charge in [-0.05, 0) is 29.3 Å². The molecule has 0 saturated carbocycles. The third-order valence-electron chi connectivity index (χ3n) is 3.94. The molecule has 2 aromatic rings. The van der Waals surface area contributed by atoms with Crippen LogP contribution >= 0.6 is 0 Å². The number of hydrogen-bond acceptors (Lipinski definition) is 4. The summed E-state index contributed by atoms with van der Waals surface area (Å²) < 4.78 is 29.8. The van der Waals surface area contributed by atoms with E-state index in [0.29, 0.717) is 18.0 Å². The van der Waals surface area contributed by atoms with Crippen LogP contribution < -0.4 is 4.74 Å². The molecule has 0 radical (unpaired) electrons. The maximum absolute atomic E-state index is 12.3. The molecule has 0 spiro atoms. The summed E-state index contributed by atoms with van der Waals surface area (Å²) in [5.74, 6) is 0.993. The topological polar surface area (TPSA) is 46.6 Å². The molecule has 22 heavy (non-hydrogen) atoms. The highest BCUT2D eigenvalue weighted by Gasteiger charge is 2.24. The Kier molecular flexibility index (Phi) is 4.18. The van der Waals surface area contributed by atoms with E-state index in [-0.39, 0.29) is 5.75 Å². The Morgan fingerprint density at radius 3 is 2.55 bits per heavy atom. The van der Waals surface area contributed by atoms with Crippen molar-refractivity contribution in [2.45, 2.75) is 18.0 Å². The summed E-state index contributed by atoms with van der Waals surface area (Å²) in [5, 5.41) is 0. The number of ether oxygens (including phenoxy) is 1. The van der Waals surface area contributed by atoms with E-state index in [1.165, 1.54) is 0 Å². The fourth-order valence-electron chi connectivity index (χ4n) is 2.74. The summed E-state index contributed by atoms with van der Waals surface area (Å²) in [6, 6.07) is 15.2. The molecule has 0 saturated heterocycles. The van der Waals surface area contributed by atoms with Crippen LogP contribution in [-0.4, -0.2) is 32.7 Å². The minimum atomic E-state index is -3.18. The summed E-state index contributed by atoms with van der Waals surface area (Å²) >= 11 is 0. The Morgan fingerprint density at radius 2 is 1.82 bits per heavy atom. The van der Waals surface area contributed by atoms with Gasteiger partial charge in [0.2, 0.25) is 0 Å². The Bertz CT molecular complexity index is 754. The first-order valence-electron chi connectivity index (χ1n) is 7.24. The summed E-state index contributed by atoms with van der Waals surface area (Å²) in [6.45, 7) is 1.93. The maximum Gasteiger partial charge on any atom is 0.179 e. The van der Waals surface area contributed by atoms with Crippen LogP contribution in [0.5, 0.6) is 5.75 Å². The average molecular weight is 317 g/mol. The molecule has 3 rings (SSSR count). The first-order valence-corrected chi connectivity index (χ1v) is 8.90. The molecule has 0 N–H and O–H groups in total. The summed E-state index contributed by atoms with van der Waals surface area (Å²) in [4.78, 5) is 2.65. The third-order valence-corrected chi connectivity index (χ3v) is 5.73. The standard InChI is InChI=1S/C17H19NO3S/c1-21-16-8-6-14(7-9-16)12-18-10-11-22(19,20)17-5-3-2-4-15(17)13-18/h2-9H,10-13H2,1H3. The van der Waals surface area contributed by atoms with Gasteiger partial charge in [-0.25, -0.2) is 8.42 Å². The molecule has 0 amide bonds. The van der Waals surface area contributed by atoms with Gasteiger partial charge in [0, 0.05) is 19.6 Å². The average Bonchev–Trinajstić information content (AvgIpc) is 2.65. The van der Waals surface area contributed by atoms with Crippen LogP contribution in [0.3, 0.4) is 0 Å². The van der Waals surface area contributed by atoms with Crippen molar-refractivity contribution in [1.82, 2.24) is 4.90 Å². The largest absolute Gasteiger partial charge is 0.497 e. The van der Waals surface area contributed by atoms with Crippen LogP contribution in [0.4, 0.5) is 0 Å². The highest BCUT2D eigenvalue weighted by atomic mass is 32.2. The van der Waals surface area contributed by atoms with Crippen LogP contribution in [0.15, 0.2) is 53.4 Å².